The summed E-state index contributed by atoms with van der Waals surface area (Å²) in [5.41, 5.74) is 0.615. The van der Waals surface area contributed by atoms with E-state index in [-0.39, 0.29) is 5.56 Å². The molecule has 0 saturated carbocycles. The van der Waals surface area contributed by atoms with Gasteiger partial charge in [0.05, 0.1) is 23.1 Å². The molecule has 0 aromatic carbocycles. The molecule has 2 aromatic heterocycles. The van der Waals surface area contributed by atoms with E-state index in [1.807, 2.05) is 0 Å². The van der Waals surface area contributed by atoms with Crippen LogP contribution in [0.15, 0.2) is 35.5 Å². The van der Waals surface area contributed by atoms with Crippen molar-refractivity contribution in [1.82, 2.24) is 14.5 Å². The van der Waals surface area contributed by atoms with Crippen LogP contribution >= 0.6 is 27.5 Å². The summed E-state index contributed by atoms with van der Waals surface area (Å²) >= 11 is 9.08. The molecule has 0 radical (unpaired) electrons. The van der Waals surface area contributed by atoms with Gasteiger partial charge in [0.1, 0.15) is 0 Å². The van der Waals surface area contributed by atoms with Crippen LogP contribution in [-0.2, 0) is 5.33 Å². The molecule has 0 N–H and O–H groups in total. The van der Waals surface area contributed by atoms with Gasteiger partial charge < -0.3 is 0 Å². The molecule has 0 atom stereocenters. The van der Waals surface area contributed by atoms with Gasteiger partial charge in [0.15, 0.2) is 5.82 Å². The Labute approximate surface area is 105 Å². The molecule has 0 aliphatic heterocycles. The lowest BCUT2D eigenvalue weighted by Gasteiger charge is -2.04. The fourth-order valence-electron chi connectivity index (χ4n) is 1.18. The number of hydrogen-bond acceptors (Lipinski definition) is 3. The molecule has 0 aliphatic carbocycles. The zero-order chi connectivity index (χ0) is 11.5. The van der Waals surface area contributed by atoms with Crippen molar-refractivity contribution in [2.75, 3.05) is 0 Å². The normalized spacial score (nSPS) is 10.4. The average Bonchev–Trinajstić information content (AvgIpc) is 2.32. The minimum atomic E-state index is -0.190. The molecule has 4 nitrogen and oxygen atoms in total. The quantitative estimate of drug-likeness (QED) is 0.799. The van der Waals surface area contributed by atoms with E-state index < -0.39 is 0 Å². The molecule has 82 valence electrons. The third-order valence-corrected chi connectivity index (χ3v) is 2.75. The third-order valence-electron chi connectivity index (χ3n) is 1.95. The molecule has 0 fully saturated rings. The Bertz CT molecular complexity index is 553. The van der Waals surface area contributed by atoms with Crippen molar-refractivity contribution in [2.24, 2.45) is 0 Å². The van der Waals surface area contributed by atoms with Gasteiger partial charge in [-0.05, 0) is 6.07 Å². The van der Waals surface area contributed by atoms with Crippen LogP contribution in [0.3, 0.4) is 0 Å². The van der Waals surface area contributed by atoms with Gasteiger partial charge in [-0.15, -0.1) is 0 Å². The molecule has 6 heteroatoms. The Morgan fingerprint density at radius 3 is 2.75 bits per heavy atom. The Morgan fingerprint density at radius 2 is 2.12 bits per heavy atom. The number of aromatic nitrogens is 3. The van der Waals surface area contributed by atoms with Crippen LogP contribution in [0.1, 0.15) is 5.69 Å². The molecule has 0 saturated heterocycles. The van der Waals surface area contributed by atoms with Gasteiger partial charge in [0.25, 0.3) is 5.56 Å². The summed E-state index contributed by atoms with van der Waals surface area (Å²) in [6, 6.07) is 2.93. The van der Waals surface area contributed by atoms with Crippen LogP contribution in [0.2, 0.25) is 5.02 Å². The highest BCUT2D eigenvalue weighted by Gasteiger charge is 2.02. The minimum absolute atomic E-state index is 0.190. The third kappa shape index (κ3) is 2.31. The molecule has 0 spiro atoms. The minimum Gasteiger partial charge on any atom is -0.269 e. The van der Waals surface area contributed by atoms with Gasteiger partial charge in [0.2, 0.25) is 0 Å². The lowest BCUT2D eigenvalue weighted by molar-refractivity contribution is 0.914. The van der Waals surface area contributed by atoms with Crippen molar-refractivity contribution >= 4 is 27.5 Å². The smallest absolute Gasteiger partial charge is 0.256 e. The fraction of sp³-hybridized carbons (Fsp3) is 0.100. The van der Waals surface area contributed by atoms with E-state index in [0.29, 0.717) is 16.2 Å². The van der Waals surface area contributed by atoms with E-state index in [1.165, 1.54) is 23.0 Å². The van der Waals surface area contributed by atoms with Crippen LogP contribution in [0.25, 0.3) is 5.82 Å². The zero-order valence-electron chi connectivity index (χ0n) is 8.10. The number of nitrogens with zero attached hydrogens (tertiary/aromatic N) is 3. The topological polar surface area (TPSA) is 47.8 Å². The van der Waals surface area contributed by atoms with Gasteiger partial charge in [-0.2, -0.15) is 0 Å². The summed E-state index contributed by atoms with van der Waals surface area (Å²) < 4.78 is 1.35. The maximum atomic E-state index is 11.6. The molecule has 2 aromatic rings. The predicted molar refractivity (Wildman–Crippen MR) is 65.3 cm³/mol. The van der Waals surface area contributed by atoms with Crippen molar-refractivity contribution in [3.63, 3.8) is 0 Å². The van der Waals surface area contributed by atoms with Crippen LogP contribution in [0, 0.1) is 0 Å². The second-order valence-electron chi connectivity index (χ2n) is 3.06. The molecular weight excluding hydrogens is 293 g/mol. The molecule has 16 heavy (non-hydrogen) atoms. The predicted octanol–water partition coefficient (Wildman–Crippen LogP) is 2.18. The first-order valence-electron chi connectivity index (χ1n) is 4.46. The Balaban J connectivity index is 2.50. The molecule has 0 bridgehead atoms. The Morgan fingerprint density at radius 1 is 1.31 bits per heavy atom. The second kappa shape index (κ2) is 4.76. The van der Waals surface area contributed by atoms with E-state index in [0.717, 1.165) is 5.69 Å². The molecule has 2 heterocycles. The van der Waals surface area contributed by atoms with E-state index >= 15 is 0 Å². The fourth-order valence-corrected chi connectivity index (χ4v) is 1.63. The average molecular weight is 301 g/mol. The second-order valence-corrected chi connectivity index (χ2v) is 4.05. The highest BCUT2D eigenvalue weighted by molar-refractivity contribution is 9.08. The van der Waals surface area contributed by atoms with Gasteiger partial charge in [-0.25, -0.2) is 4.98 Å². The van der Waals surface area contributed by atoms with E-state index in [4.69, 9.17) is 11.6 Å². The molecule has 0 aliphatic rings. The number of halogens is 2. The van der Waals surface area contributed by atoms with Crippen LogP contribution in [-0.4, -0.2) is 14.5 Å². The summed E-state index contributed by atoms with van der Waals surface area (Å²) in [5.74, 6) is 0.456. The first-order chi connectivity index (χ1) is 7.70. The van der Waals surface area contributed by atoms with Gasteiger partial charge in [-0.1, -0.05) is 27.5 Å². The SMILES string of the molecule is O=c1ccc(Cl)cn1-c1cnc(CBr)cn1. The maximum Gasteiger partial charge on any atom is 0.256 e. The standard InChI is InChI=1S/C10H7BrClN3O/c11-3-8-4-14-9(5-13-8)15-6-7(12)1-2-10(15)16/h1-2,4-6H,3H2. The first kappa shape index (κ1) is 11.3. The van der Waals surface area contributed by atoms with Crippen LogP contribution < -0.4 is 5.56 Å². The highest BCUT2D eigenvalue weighted by atomic mass is 79.9. The van der Waals surface area contributed by atoms with Crippen molar-refractivity contribution in [3.8, 4) is 5.82 Å². The van der Waals surface area contributed by atoms with Gasteiger partial charge in [0, 0.05) is 17.6 Å². The lowest BCUT2D eigenvalue weighted by atomic mass is 10.4. The summed E-state index contributed by atoms with van der Waals surface area (Å²) in [7, 11) is 0. The van der Waals surface area contributed by atoms with E-state index in [2.05, 4.69) is 25.9 Å². The van der Waals surface area contributed by atoms with Crippen LogP contribution in [0.4, 0.5) is 0 Å². The summed E-state index contributed by atoms with van der Waals surface area (Å²) in [4.78, 5) is 19.8. The van der Waals surface area contributed by atoms with Crippen molar-refractivity contribution in [3.05, 3.63) is 51.8 Å². The van der Waals surface area contributed by atoms with Crippen molar-refractivity contribution in [1.29, 1.82) is 0 Å². The molecular formula is C10H7BrClN3O. The number of rotatable bonds is 2. The summed E-state index contributed by atoms with van der Waals surface area (Å²) in [5, 5.41) is 1.11. The first-order valence-corrected chi connectivity index (χ1v) is 5.96. The zero-order valence-corrected chi connectivity index (χ0v) is 10.4. The van der Waals surface area contributed by atoms with E-state index in [1.54, 1.807) is 12.3 Å². The highest BCUT2D eigenvalue weighted by Crippen LogP contribution is 2.08. The number of pyridine rings is 1. The van der Waals surface area contributed by atoms with Crippen molar-refractivity contribution in [2.45, 2.75) is 5.33 Å². The summed E-state index contributed by atoms with van der Waals surface area (Å²) in [6.45, 7) is 0. The Hall–Kier alpha value is -1.20. The Kier molecular flexibility index (Phi) is 3.36. The number of hydrogen-bond donors (Lipinski definition) is 0. The lowest BCUT2D eigenvalue weighted by Crippen LogP contribution is -2.17. The summed E-state index contributed by atoms with van der Waals surface area (Å²) in [6.07, 6.45) is 4.66. The monoisotopic (exact) mass is 299 g/mol. The van der Waals surface area contributed by atoms with E-state index in [9.17, 15) is 4.79 Å². The number of alkyl halides is 1. The van der Waals surface area contributed by atoms with Crippen LogP contribution in [0.5, 0.6) is 0 Å². The molecule has 2 rings (SSSR count). The molecule has 0 unspecified atom stereocenters. The maximum absolute atomic E-state index is 11.6. The van der Waals surface area contributed by atoms with Gasteiger partial charge >= 0.3 is 0 Å². The van der Waals surface area contributed by atoms with Crippen molar-refractivity contribution < 1.29 is 0 Å². The largest absolute Gasteiger partial charge is 0.269 e. The molecule has 0 amide bonds. The van der Waals surface area contributed by atoms with Gasteiger partial charge in [-0.3, -0.25) is 14.3 Å².